The van der Waals surface area contributed by atoms with Crippen molar-refractivity contribution in [2.45, 2.75) is 37.9 Å². The van der Waals surface area contributed by atoms with Gasteiger partial charge in [-0.2, -0.15) is 5.10 Å². The lowest BCUT2D eigenvalue weighted by molar-refractivity contribution is 0.277. The minimum Gasteiger partial charge on any atom is -0.392 e. The van der Waals surface area contributed by atoms with Crippen LogP contribution in [0.15, 0.2) is 35.4 Å². The van der Waals surface area contributed by atoms with Crippen LogP contribution in [0, 0.1) is 6.92 Å². The first-order valence-corrected chi connectivity index (χ1v) is 8.13. The van der Waals surface area contributed by atoms with E-state index < -0.39 is 10.0 Å². The van der Waals surface area contributed by atoms with E-state index in [4.69, 9.17) is 0 Å². The van der Waals surface area contributed by atoms with E-state index in [-0.39, 0.29) is 17.7 Å². The maximum atomic E-state index is 12.3. The summed E-state index contributed by atoms with van der Waals surface area (Å²) in [6.07, 6.45) is 0.581. The molecular weight excluding hydrogens is 290 g/mol. The Morgan fingerprint density at radius 1 is 1.33 bits per heavy atom. The number of H-pyrrole nitrogens is 1. The first-order valence-electron chi connectivity index (χ1n) is 6.65. The molecule has 0 saturated carbocycles. The number of aryl methyl sites for hydroxylation is 1. The van der Waals surface area contributed by atoms with Crippen molar-refractivity contribution >= 4 is 10.0 Å². The number of hydrogen-bond acceptors (Lipinski definition) is 4. The van der Waals surface area contributed by atoms with E-state index >= 15 is 0 Å². The van der Waals surface area contributed by atoms with Gasteiger partial charge in [0.05, 0.1) is 6.61 Å². The Balaban J connectivity index is 2.13. The number of aromatic amines is 1. The summed E-state index contributed by atoms with van der Waals surface area (Å²) in [5.74, 6) is 0. The molecule has 1 aromatic heterocycles. The van der Waals surface area contributed by atoms with E-state index in [1.807, 2.05) is 30.3 Å². The zero-order chi connectivity index (χ0) is 15.5. The molecule has 0 aliphatic carbocycles. The van der Waals surface area contributed by atoms with Gasteiger partial charge < -0.3 is 5.11 Å². The van der Waals surface area contributed by atoms with Crippen molar-refractivity contribution in [1.82, 2.24) is 14.9 Å². The Bertz CT molecular complexity index is 696. The van der Waals surface area contributed by atoms with Gasteiger partial charge in [0.1, 0.15) is 0 Å². The van der Waals surface area contributed by atoms with Gasteiger partial charge in [0, 0.05) is 17.3 Å². The maximum Gasteiger partial charge on any atom is 0.260 e. The van der Waals surface area contributed by atoms with Crippen LogP contribution in [0.25, 0.3) is 0 Å². The number of sulfonamides is 1. The fourth-order valence-electron chi connectivity index (χ4n) is 2.17. The van der Waals surface area contributed by atoms with Crippen molar-refractivity contribution in [2.75, 3.05) is 0 Å². The van der Waals surface area contributed by atoms with Crippen LogP contribution in [0.1, 0.15) is 23.7 Å². The molecule has 0 saturated heterocycles. The molecule has 0 amide bonds. The highest BCUT2D eigenvalue weighted by molar-refractivity contribution is 7.89. The molecule has 1 aromatic carbocycles. The van der Waals surface area contributed by atoms with E-state index in [9.17, 15) is 13.5 Å². The third-order valence-electron chi connectivity index (χ3n) is 3.19. The number of aromatic nitrogens is 2. The molecule has 2 rings (SSSR count). The predicted molar refractivity (Wildman–Crippen MR) is 79.2 cm³/mol. The number of nitrogens with zero attached hydrogens (tertiary/aromatic N) is 1. The zero-order valence-corrected chi connectivity index (χ0v) is 12.8. The first-order chi connectivity index (χ1) is 9.94. The lowest BCUT2D eigenvalue weighted by Gasteiger charge is -2.13. The maximum absolute atomic E-state index is 12.3. The summed E-state index contributed by atoms with van der Waals surface area (Å²) in [5, 5.41) is 15.5. The topological polar surface area (TPSA) is 95.1 Å². The van der Waals surface area contributed by atoms with Gasteiger partial charge in [-0.1, -0.05) is 30.3 Å². The highest BCUT2D eigenvalue weighted by Gasteiger charge is 2.25. The molecule has 0 aliphatic rings. The fraction of sp³-hybridized carbons (Fsp3) is 0.357. The van der Waals surface area contributed by atoms with Crippen molar-refractivity contribution in [3.05, 3.63) is 47.2 Å². The standard InChI is InChI=1S/C14H19N3O3S/c1-10(8-12-6-4-3-5-7-12)17-21(19,20)14-13(9-18)11(2)15-16-14/h3-7,10,17-18H,8-9H2,1-2H3,(H,15,16). The average Bonchev–Trinajstić information content (AvgIpc) is 2.81. The summed E-state index contributed by atoms with van der Waals surface area (Å²) in [5.41, 5.74) is 1.90. The lowest BCUT2D eigenvalue weighted by Crippen LogP contribution is -2.34. The quantitative estimate of drug-likeness (QED) is 0.745. The monoisotopic (exact) mass is 309 g/mol. The van der Waals surface area contributed by atoms with Gasteiger partial charge >= 0.3 is 0 Å². The predicted octanol–water partition coefficient (Wildman–Crippen LogP) is 1.12. The highest BCUT2D eigenvalue weighted by Crippen LogP contribution is 2.16. The van der Waals surface area contributed by atoms with Gasteiger partial charge in [0.15, 0.2) is 5.03 Å². The molecule has 0 bridgehead atoms. The lowest BCUT2D eigenvalue weighted by atomic mass is 10.1. The number of benzene rings is 1. The summed E-state index contributed by atoms with van der Waals surface area (Å²) in [7, 11) is -3.75. The van der Waals surface area contributed by atoms with Crippen molar-refractivity contribution in [1.29, 1.82) is 0 Å². The molecule has 0 radical (unpaired) electrons. The van der Waals surface area contributed by atoms with E-state index in [2.05, 4.69) is 14.9 Å². The summed E-state index contributed by atoms with van der Waals surface area (Å²) < 4.78 is 27.2. The normalized spacial score (nSPS) is 13.3. The number of aliphatic hydroxyl groups excluding tert-OH is 1. The van der Waals surface area contributed by atoms with Crippen LogP contribution in [0.2, 0.25) is 0 Å². The molecular formula is C14H19N3O3S. The smallest absolute Gasteiger partial charge is 0.260 e. The molecule has 7 heteroatoms. The Hall–Kier alpha value is -1.70. The van der Waals surface area contributed by atoms with Crippen LogP contribution in [0.4, 0.5) is 0 Å². The van der Waals surface area contributed by atoms with Gasteiger partial charge in [-0.3, -0.25) is 5.10 Å². The fourth-order valence-corrected chi connectivity index (χ4v) is 3.60. The molecule has 21 heavy (non-hydrogen) atoms. The zero-order valence-electron chi connectivity index (χ0n) is 12.0. The van der Waals surface area contributed by atoms with Crippen LogP contribution >= 0.6 is 0 Å². The van der Waals surface area contributed by atoms with Crippen molar-refractivity contribution in [3.63, 3.8) is 0 Å². The van der Waals surface area contributed by atoms with Crippen LogP contribution in [0.5, 0.6) is 0 Å². The minimum atomic E-state index is -3.75. The molecule has 1 atom stereocenters. The van der Waals surface area contributed by atoms with Gasteiger partial charge in [0.2, 0.25) is 0 Å². The molecule has 1 unspecified atom stereocenters. The van der Waals surface area contributed by atoms with Crippen molar-refractivity contribution < 1.29 is 13.5 Å². The van der Waals surface area contributed by atoms with Gasteiger partial charge in [0.25, 0.3) is 10.0 Å². The molecule has 0 fully saturated rings. The SMILES string of the molecule is Cc1[nH]nc(S(=O)(=O)NC(C)Cc2ccccc2)c1CO. The second kappa shape index (κ2) is 6.38. The van der Waals surface area contributed by atoms with Crippen molar-refractivity contribution in [2.24, 2.45) is 0 Å². The summed E-state index contributed by atoms with van der Waals surface area (Å²) in [6, 6.07) is 9.36. The second-order valence-corrected chi connectivity index (χ2v) is 6.63. The van der Waals surface area contributed by atoms with Crippen LogP contribution in [-0.2, 0) is 23.1 Å². The van der Waals surface area contributed by atoms with E-state index in [1.165, 1.54) is 0 Å². The number of rotatable bonds is 6. The Labute approximate surface area is 124 Å². The second-order valence-electron chi connectivity index (χ2n) is 5.00. The first kappa shape index (κ1) is 15.7. The molecule has 2 aromatic rings. The van der Waals surface area contributed by atoms with E-state index in [0.29, 0.717) is 17.7 Å². The minimum absolute atomic E-state index is 0.137. The van der Waals surface area contributed by atoms with Crippen LogP contribution in [-0.4, -0.2) is 29.8 Å². The van der Waals surface area contributed by atoms with Gasteiger partial charge in [-0.25, -0.2) is 13.1 Å². The molecule has 114 valence electrons. The Morgan fingerprint density at radius 2 is 2.00 bits per heavy atom. The van der Waals surface area contributed by atoms with Crippen LogP contribution in [0.3, 0.4) is 0 Å². The van der Waals surface area contributed by atoms with Crippen molar-refractivity contribution in [3.8, 4) is 0 Å². The third-order valence-corrected chi connectivity index (χ3v) is 4.75. The molecule has 0 spiro atoms. The number of hydrogen-bond donors (Lipinski definition) is 3. The van der Waals surface area contributed by atoms with Gasteiger partial charge in [-0.15, -0.1) is 0 Å². The Morgan fingerprint density at radius 3 is 2.62 bits per heavy atom. The Kier molecular flexibility index (Phi) is 4.76. The number of nitrogens with one attached hydrogen (secondary N) is 2. The van der Waals surface area contributed by atoms with Gasteiger partial charge in [-0.05, 0) is 25.8 Å². The summed E-state index contributed by atoms with van der Waals surface area (Å²) in [4.78, 5) is 0. The van der Waals surface area contributed by atoms with E-state index in [1.54, 1.807) is 13.8 Å². The van der Waals surface area contributed by atoms with E-state index in [0.717, 1.165) is 5.56 Å². The largest absolute Gasteiger partial charge is 0.392 e. The molecule has 3 N–H and O–H groups in total. The highest BCUT2D eigenvalue weighted by atomic mass is 32.2. The summed E-state index contributed by atoms with van der Waals surface area (Å²) in [6.45, 7) is 3.10. The molecule has 1 heterocycles. The van der Waals surface area contributed by atoms with Crippen LogP contribution < -0.4 is 4.72 Å². The number of aliphatic hydroxyl groups is 1. The molecule has 0 aliphatic heterocycles. The third kappa shape index (κ3) is 3.69. The summed E-state index contributed by atoms with van der Waals surface area (Å²) >= 11 is 0. The molecule has 6 nitrogen and oxygen atoms in total. The average molecular weight is 309 g/mol.